The monoisotopic (exact) mass is 239 g/mol. The lowest BCUT2D eigenvalue weighted by molar-refractivity contribution is 0.107. The number of nitrogens with zero attached hydrogens (tertiary/aromatic N) is 1. The Morgan fingerprint density at radius 1 is 1.46 bits per heavy atom. The average Bonchev–Trinajstić information content (AvgIpc) is 2.16. The highest BCUT2D eigenvalue weighted by atomic mass is 79.9. The molecule has 1 unspecified atom stereocenters. The average molecular weight is 240 g/mol. The molecule has 0 bridgehead atoms. The number of nitriles is 1. The zero-order valence-electron chi connectivity index (χ0n) is 7.33. The topological polar surface area (TPSA) is 33.0 Å². The van der Waals surface area contributed by atoms with Gasteiger partial charge in [-0.15, -0.1) is 0 Å². The van der Waals surface area contributed by atoms with E-state index in [2.05, 4.69) is 22.0 Å². The fourth-order valence-electron chi connectivity index (χ4n) is 1.10. The minimum Gasteiger partial charge on any atom is -0.376 e. The molecule has 0 N–H and O–H groups in total. The van der Waals surface area contributed by atoms with Crippen LogP contribution in [-0.4, -0.2) is 7.11 Å². The minimum absolute atomic E-state index is 0.113. The Labute approximate surface area is 86.3 Å². The van der Waals surface area contributed by atoms with Gasteiger partial charge in [0.15, 0.2) is 0 Å². The summed E-state index contributed by atoms with van der Waals surface area (Å²) < 4.78 is 6.21. The fraction of sp³-hybridized carbons (Fsp3) is 0.300. The third-order valence-electron chi connectivity index (χ3n) is 1.80. The van der Waals surface area contributed by atoms with Crippen molar-refractivity contribution in [3.63, 3.8) is 0 Å². The normalized spacial score (nSPS) is 12.1. The molecule has 0 saturated heterocycles. The van der Waals surface area contributed by atoms with Crippen LogP contribution >= 0.6 is 15.9 Å². The predicted molar refractivity (Wildman–Crippen MR) is 54.1 cm³/mol. The molecule has 13 heavy (non-hydrogen) atoms. The van der Waals surface area contributed by atoms with Crippen LogP contribution in [-0.2, 0) is 4.74 Å². The van der Waals surface area contributed by atoms with Crippen LogP contribution in [0.4, 0.5) is 0 Å². The maximum atomic E-state index is 8.54. The van der Waals surface area contributed by atoms with E-state index in [1.54, 1.807) is 7.11 Å². The Bertz CT molecular complexity index is 302. The van der Waals surface area contributed by atoms with Gasteiger partial charge in [-0.25, -0.2) is 0 Å². The van der Waals surface area contributed by atoms with Crippen molar-refractivity contribution < 1.29 is 4.74 Å². The smallest absolute Gasteiger partial charge is 0.0950 e. The first kappa shape index (κ1) is 10.2. The summed E-state index contributed by atoms with van der Waals surface area (Å²) in [5, 5.41) is 8.54. The predicted octanol–water partition coefficient (Wildman–Crippen LogP) is 3.05. The Hall–Kier alpha value is -0.850. The van der Waals surface area contributed by atoms with Crippen molar-refractivity contribution in [3.8, 4) is 6.07 Å². The molecule has 1 rings (SSSR count). The Balaban J connectivity index is 2.80. The van der Waals surface area contributed by atoms with E-state index in [9.17, 15) is 0 Å². The molecule has 0 fully saturated rings. The fourth-order valence-corrected chi connectivity index (χ4v) is 1.36. The standard InChI is InChI=1S/C10H10BrNO/c1-13-10(6-7-12)8-2-4-9(11)5-3-8/h2-5,10H,6H2,1H3. The second-order valence-corrected chi connectivity index (χ2v) is 3.55. The molecule has 0 aromatic heterocycles. The second-order valence-electron chi connectivity index (χ2n) is 2.64. The van der Waals surface area contributed by atoms with Crippen LogP contribution in [0.5, 0.6) is 0 Å². The first-order valence-electron chi connectivity index (χ1n) is 3.93. The van der Waals surface area contributed by atoms with Gasteiger partial charge in [-0.2, -0.15) is 5.26 Å². The Kier molecular flexibility index (Phi) is 3.94. The van der Waals surface area contributed by atoms with Crippen molar-refractivity contribution in [1.82, 2.24) is 0 Å². The van der Waals surface area contributed by atoms with E-state index in [1.807, 2.05) is 24.3 Å². The summed E-state index contributed by atoms with van der Waals surface area (Å²) in [5.41, 5.74) is 1.03. The van der Waals surface area contributed by atoms with Gasteiger partial charge in [0.05, 0.1) is 18.6 Å². The SMILES string of the molecule is COC(CC#N)c1ccc(Br)cc1. The molecule has 0 radical (unpaired) electrons. The summed E-state index contributed by atoms with van der Waals surface area (Å²) in [7, 11) is 1.62. The summed E-state index contributed by atoms with van der Waals surface area (Å²) in [6, 6.07) is 9.89. The van der Waals surface area contributed by atoms with Crippen molar-refractivity contribution in [1.29, 1.82) is 5.26 Å². The third kappa shape index (κ3) is 2.83. The first-order valence-corrected chi connectivity index (χ1v) is 4.72. The van der Waals surface area contributed by atoms with Crippen LogP contribution in [0.3, 0.4) is 0 Å². The zero-order valence-corrected chi connectivity index (χ0v) is 8.91. The van der Waals surface area contributed by atoms with Crippen molar-refractivity contribution in [3.05, 3.63) is 34.3 Å². The van der Waals surface area contributed by atoms with Crippen LogP contribution in [0.2, 0.25) is 0 Å². The van der Waals surface area contributed by atoms with Gasteiger partial charge in [-0.3, -0.25) is 0 Å². The number of hydrogen-bond donors (Lipinski definition) is 0. The van der Waals surface area contributed by atoms with E-state index < -0.39 is 0 Å². The van der Waals surface area contributed by atoms with Crippen LogP contribution in [0.25, 0.3) is 0 Å². The molecule has 1 aromatic carbocycles. The molecule has 1 atom stereocenters. The van der Waals surface area contributed by atoms with E-state index in [-0.39, 0.29) is 6.10 Å². The first-order chi connectivity index (χ1) is 6.27. The van der Waals surface area contributed by atoms with Gasteiger partial charge < -0.3 is 4.74 Å². The lowest BCUT2D eigenvalue weighted by Gasteiger charge is -2.11. The molecule has 0 aliphatic rings. The summed E-state index contributed by atoms with van der Waals surface area (Å²) in [4.78, 5) is 0. The maximum Gasteiger partial charge on any atom is 0.0950 e. The molecule has 3 heteroatoms. The number of methoxy groups -OCH3 is 1. The third-order valence-corrected chi connectivity index (χ3v) is 2.33. The molecule has 0 heterocycles. The van der Waals surface area contributed by atoms with E-state index in [4.69, 9.17) is 10.00 Å². The van der Waals surface area contributed by atoms with Crippen LogP contribution < -0.4 is 0 Å². The molecule has 2 nitrogen and oxygen atoms in total. The quantitative estimate of drug-likeness (QED) is 0.813. The molecular formula is C10H10BrNO. The van der Waals surface area contributed by atoms with Crippen LogP contribution in [0.15, 0.2) is 28.7 Å². The van der Waals surface area contributed by atoms with Crippen LogP contribution in [0, 0.1) is 11.3 Å². The maximum absolute atomic E-state index is 8.54. The molecule has 68 valence electrons. The summed E-state index contributed by atoms with van der Waals surface area (Å²) in [6.45, 7) is 0. The number of hydrogen-bond acceptors (Lipinski definition) is 2. The van der Waals surface area contributed by atoms with Crippen molar-refractivity contribution in [2.24, 2.45) is 0 Å². The lowest BCUT2D eigenvalue weighted by atomic mass is 10.1. The lowest BCUT2D eigenvalue weighted by Crippen LogP contribution is -1.99. The highest BCUT2D eigenvalue weighted by Gasteiger charge is 2.08. The summed E-state index contributed by atoms with van der Waals surface area (Å²) in [6.07, 6.45) is 0.274. The number of ether oxygens (including phenoxy) is 1. The van der Waals surface area contributed by atoms with Gasteiger partial charge in [0, 0.05) is 11.6 Å². The minimum atomic E-state index is -0.113. The molecule has 0 spiro atoms. The number of rotatable bonds is 3. The van der Waals surface area contributed by atoms with Crippen molar-refractivity contribution in [2.75, 3.05) is 7.11 Å². The molecule has 0 aliphatic heterocycles. The number of benzene rings is 1. The zero-order chi connectivity index (χ0) is 9.68. The second kappa shape index (κ2) is 5.00. The van der Waals surface area contributed by atoms with Crippen molar-refractivity contribution in [2.45, 2.75) is 12.5 Å². The largest absolute Gasteiger partial charge is 0.376 e. The van der Waals surface area contributed by atoms with Gasteiger partial charge in [0.25, 0.3) is 0 Å². The van der Waals surface area contributed by atoms with E-state index in [0.717, 1.165) is 10.0 Å². The van der Waals surface area contributed by atoms with Crippen LogP contribution in [0.1, 0.15) is 18.1 Å². The molecular weight excluding hydrogens is 230 g/mol. The van der Waals surface area contributed by atoms with Gasteiger partial charge in [0.1, 0.15) is 0 Å². The Morgan fingerprint density at radius 2 is 2.08 bits per heavy atom. The summed E-state index contributed by atoms with van der Waals surface area (Å²) in [5.74, 6) is 0. The highest BCUT2D eigenvalue weighted by molar-refractivity contribution is 9.10. The van der Waals surface area contributed by atoms with Crippen molar-refractivity contribution >= 4 is 15.9 Å². The molecule has 0 saturated carbocycles. The van der Waals surface area contributed by atoms with E-state index in [0.29, 0.717) is 6.42 Å². The highest BCUT2D eigenvalue weighted by Crippen LogP contribution is 2.21. The molecule has 1 aromatic rings. The van der Waals surface area contributed by atoms with Gasteiger partial charge >= 0.3 is 0 Å². The van der Waals surface area contributed by atoms with Gasteiger partial charge in [0.2, 0.25) is 0 Å². The van der Waals surface area contributed by atoms with Gasteiger partial charge in [-0.05, 0) is 17.7 Å². The molecule has 0 amide bonds. The van der Waals surface area contributed by atoms with E-state index in [1.165, 1.54) is 0 Å². The Morgan fingerprint density at radius 3 is 2.54 bits per heavy atom. The van der Waals surface area contributed by atoms with Gasteiger partial charge in [-0.1, -0.05) is 28.1 Å². The number of halogens is 1. The summed E-state index contributed by atoms with van der Waals surface area (Å²) >= 11 is 3.35. The molecule has 0 aliphatic carbocycles. The van der Waals surface area contributed by atoms with E-state index >= 15 is 0 Å².